The Hall–Kier alpha value is -0.600. The molecule has 1 nitrogen and oxygen atoms in total. The van der Waals surface area contributed by atoms with E-state index in [9.17, 15) is 0 Å². The van der Waals surface area contributed by atoms with Gasteiger partial charge in [0.2, 0.25) is 0 Å². The second-order valence-electron chi connectivity index (χ2n) is 4.56. The maximum atomic E-state index is 4.11. The highest BCUT2D eigenvalue weighted by atomic mass is 79.9. The zero-order chi connectivity index (χ0) is 10.8. The summed E-state index contributed by atoms with van der Waals surface area (Å²) in [4.78, 5) is 0. The Morgan fingerprint density at radius 2 is 1.71 bits per heavy atom. The molecule has 0 aliphatic carbocycles. The second kappa shape index (κ2) is 4.28. The molecule has 0 spiro atoms. The van der Waals surface area contributed by atoms with Gasteiger partial charge in [0, 0.05) is 10.0 Å². The number of likely N-dealkylation sites (N-methyl/N-ethyl adjacent to an activating group) is 1. The molecule has 0 aliphatic rings. The van der Waals surface area contributed by atoms with Crippen molar-refractivity contribution in [2.24, 2.45) is 0 Å². The molecule has 1 rings (SSSR count). The number of rotatable bonds is 3. The topological polar surface area (TPSA) is 0 Å². The van der Waals surface area contributed by atoms with Crippen LogP contribution in [-0.4, -0.2) is 32.2 Å². The zero-order valence-electron chi connectivity index (χ0n) is 9.05. The highest BCUT2D eigenvalue weighted by Gasteiger charge is 2.10. The van der Waals surface area contributed by atoms with Crippen LogP contribution in [0.25, 0.3) is 5.57 Å². The summed E-state index contributed by atoms with van der Waals surface area (Å²) >= 11 is 3.42. The molecule has 0 aliphatic heterocycles. The van der Waals surface area contributed by atoms with Gasteiger partial charge in [0.1, 0.15) is 6.54 Å². The number of benzene rings is 1. The number of halogens is 1. The van der Waals surface area contributed by atoms with Crippen molar-refractivity contribution in [3.63, 3.8) is 0 Å². The summed E-state index contributed by atoms with van der Waals surface area (Å²) < 4.78 is 2.02. The van der Waals surface area contributed by atoms with Gasteiger partial charge in [-0.1, -0.05) is 34.6 Å². The minimum atomic E-state index is 0.912. The van der Waals surface area contributed by atoms with Crippen LogP contribution in [0, 0.1) is 0 Å². The number of hydrogen-bond donors (Lipinski definition) is 0. The lowest BCUT2D eigenvalue weighted by molar-refractivity contribution is -0.862. The minimum absolute atomic E-state index is 0.912. The Morgan fingerprint density at radius 3 is 2.14 bits per heavy atom. The molecule has 0 saturated carbocycles. The lowest BCUT2D eigenvalue weighted by Gasteiger charge is -2.25. The molecule has 0 fully saturated rings. The fourth-order valence-electron chi connectivity index (χ4n) is 1.35. The van der Waals surface area contributed by atoms with E-state index in [1.807, 2.05) is 0 Å². The van der Waals surface area contributed by atoms with Gasteiger partial charge >= 0.3 is 0 Å². The average molecular weight is 255 g/mol. The predicted molar refractivity (Wildman–Crippen MR) is 66.1 cm³/mol. The van der Waals surface area contributed by atoms with Gasteiger partial charge in [-0.25, -0.2) is 0 Å². The van der Waals surface area contributed by atoms with Crippen LogP contribution in [-0.2, 0) is 0 Å². The van der Waals surface area contributed by atoms with Crippen molar-refractivity contribution in [3.8, 4) is 0 Å². The predicted octanol–water partition coefficient (Wildman–Crippen LogP) is 3.17. The number of nitrogens with zero attached hydrogens (tertiary/aromatic N) is 1. The van der Waals surface area contributed by atoms with Crippen molar-refractivity contribution in [2.45, 2.75) is 0 Å². The third-order valence-corrected chi connectivity index (χ3v) is 2.45. The first-order chi connectivity index (χ1) is 6.38. The number of quaternary nitrogens is 1. The molecule has 0 unspecified atom stereocenters. The van der Waals surface area contributed by atoms with E-state index in [1.54, 1.807) is 0 Å². The van der Waals surface area contributed by atoms with Crippen LogP contribution >= 0.6 is 15.9 Å². The van der Waals surface area contributed by atoms with Gasteiger partial charge in [0.05, 0.1) is 21.1 Å². The Morgan fingerprint density at radius 1 is 1.21 bits per heavy atom. The van der Waals surface area contributed by atoms with Gasteiger partial charge in [-0.2, -0.15) is 0 Å². The number of hydrogen-bond acceptors (Lipinski definition) is 0. The molecule has 76 valence electrons. The van der Waals surface area contributed by atoms with Crippen LogP contribution in [0.5, 0.6) is 0 Å². The third-order valence-electron chi connectivity index (χ3n) is 1.92. The van der Waals surface area contributed by atoms with E-state index in [0.717, 1.165) is 15.5 Å². The summed E-state index contributed by atoms with van der Waals surface area (Å²) in [5.41, 5.74) is 2.41. The summed E-state index contributed by atoms with van der Waals surface area (Å²) in [5, 5.41) is 0. The molecule has 0 radical (unpaired) electrons. The Labute approximate surface area is 94.8 Å². The van der Waals surface area contributed by atoms with Crippen molar-refractivity contribution in [3.05, 3.63) is 40.9 Å². The van der Waals surface area contributed by atoms with E-state index < -0.39 is 0 Å². The standard InChI is InChI=1S/C12H17BrN/c1-10(9-14(2,3)4)11-5-7-12(13)8-6-11/h5-8H,1,9H2,2-4H3/q+1. The van der Waals surface area contributed by atoms with Crippen LogP contribution in [0.1, 0.15) is 5.56 Å². The monoisotopic (exact) mass is 254 g/mol. The second-order valence-corrected chi connectivity index (χ2v) is 5.47. The van der Waals surface area contributed by atoms with Crippen LogP contribution < -0.4 is 0 Å². The lowest BCUT2D eigenvalue weighted by Crippen LogP contribution is -2.35. The Kier molecular flexibility index (Phi) is 3.51. The average Bonchev–Trinajstić information content (AvgIpc) is 2.02. The summed E-state index contributed by atoms with van der Waals surface area (Å²) in [6, 6.07) is 8.30. The molecule has 0 heterocycles. The van der Waals surface area contributed by atoms with Crippen molar-refractivity contribution >= 4 is 21.5 Å². The maximum Gasteiger partial charge on any atom is 0.104 e. The van der Waals surface area contributed by atoms with E-state index >= 15 is 0 Å². The van der Waals surface area contributed by atoms with Gasteiger partial charge in [0.25, 0.3) is 0 Å². The molecular formula is C12H17BrN+. The van der Waals surface area contributed by atoms with Crippen molar-refractivity contribution in [1.82, 2.24) is 0 Å². The van der Waals surface area contributed by atoms with E-state index in [4.69, 9.17) is 0 Å². The molecule has 0 bridgehead atoms. The molecule has 1 aromatic rings. The summed E-state index contributed by atoms with van der Waals surface area (Å²) in [6.07, 6.45) is 0. The van der Waals surface area contributed by atoms with Gasteiger partial charge < -0.3 is 4.48 Å². The molecule has 0 aromatic heterocycles. The molecule has 14 heavy (non-hydrogen) atoms. The zero-order valence-corrected chi connectivity index (χ0v) is 10.6. The molecule has 0 atom stereocenters. The van der Waals surface area contributed by atoms with Gasteiger partial charge in [-0.15, -0.1) is 0 Å². The third kappa shape index (κ3) is 3.64. The van der Waals surface area contributed by atoms with Gasteiger partial charge in [-0.05, 0) is 17.7 Å². The van der Waals surface area contributed by atoms with E-state index in [1.165, 1.54) is 11.1 Å². The fourth-order valence-corrected chi connectivity index (χ4v) is 1.61. The van der Waals surface area contributed by atoms with E-state index in [0.29, 0.717) is 0 Å². The van der Waals surface area contributed by atoms with E-state index in [-0.39, 0.29) is 0 Å². The first-order valence-corrected chi connectivity index (χ1v) is 5.42. The molecular weight excluding hydrogens is 238 g/mol. The highest BCUT2D eigenvalue weighted by Crippen LogP contribution is 2.18. The van der Waals surface area contributed by atoms with Crippen molar-refractivity contribution in [1.29, 1.82) is 0 Å². The molecule has 0 amide bonds. The summed E-state index contributed by atoms with van der Waals surface area (Å²) in [6.45, 7) is 5.08. The van der Waals surface area contributed by atoms with Crippen LogP contribution in [0.2, 0.25) is 0 Å². The van der Waals surface area contributed by atoms with Gasteiger partial charge in [-0.3, -0.25) is 0 Å². The molecule has 0 N–H and O–H groups in total. The first-order valence-electron chi connectivity index (χ1n) is 4.63. The lowest BCUT2D eigenvalue weighted by atomic mass is 10.1. The molecule has 0 saturated heterocycles. The fraction of sp³-hybridized carbons (Fsp3) is 0.333. The van der Waals surface area contributed by atoms with Crippen molar-refractivity contribution < 1.29 is 4.48 Å². The highest BCUT2D eigenvalue weighted by molar-refractivity contribution is 9.10. The van der Waals surface area contributed by atoms with Crippen LogP contribution in [0.3, 0.4) is 0 Å². The smallest absolute Gasteiger partial charge is 0.104 e. The summed E-state index contributed by atoms with van der Waals surface area (Å²) in [7, 11) is 6.51. The maximum absolute atomic E-state index is 4.11. The van der Waals surface area contributed by atoms with Crippen LogP contribution in [0.15, 0.2) is 35.3 Å². The summed E-state index contributed by atoms with van der Waals surface area (Å²) in [5.74, 6) is 0. The normalized spacial score (nSPS) is 11.4. The van der Waals surface area contributed by atoms with Crippen molar-refractivity contribution in [2.75, 3.05) is 27.7 Å². The SMILES string of the molecule is C=C(C[N+](C)(C)C)c1ccc(Br)cc1. The molecule has 2 heteroatoms. The first kappa shape index (κ1) is 11.5. The quantitative estimate of drug-likeness (QED) is 0.728. The Balaban J connectivity index is 2.76. The Bertz CT molecular complexity index is 319. The van der Waals surface area contributed by atoms with Crippen LogP contribution in [0.4, 0.5) is 0 Å². The largest absolute Gasteiger partial charge is 0.327 e. The minimum Gasteiger partial charge on any atom is -0.327 e. The molecule has 1 aromatic carbocycles. The van der Waals surface area contributed by atoms with Gasteiger partial charge in [0.15, 0.2) is 0 Å². The van der Waals surface area contributed by atoms with E-state index in [2.05, 4.69) is 67.9 Å².